The highest BCUT2D eigenvalue weighted by Gasteiger charge is 2.30. The Kier molecular flexibility index (Phi) is 5.95. The molecule has 3 rings (SSSR count). The highest BCUT2D eigenvalue weighted by Crippen LogP contribution is 2.26. The quantitative estimate of drug-likeness (QED) is 0.745. The van der Waals surface area contributed by atoms with Crippen LogP contribution in [0.15, 0.2) is 41.8 Å². The van der Waals surface area contributed by atoms with Crippen molar-refractivity contribution in [1.82, 2.24) is 14.9 Å². The Balaban J connectivity index is 1.66. The molecular weight excluding hydrogens is 382 g/mol. The van der Waals surface area contributed by atoms with Crippen molar-refractivity contribution >= 4 is 27.5 Å². The number of nitrogens with zero attached hydrogens (tertiary/aromatic N) is 2. The molecule has 0 aliphatic carbocycles. The van der Waals surface area contributed by atoms with Gasteiger partial charge in [0.1, 0.15) is 0 Å². The fourth-order valence-corrected chi connectivity index (χ4v) is 5.60. The summed E-state index contributed by atoms with van der Waals surface area (Å²) in [4.78, 5) is 16.8. The molecule has 6 nitrogen and oxygen atoms in total. The molecule has 1 aromatic carbocycles. The maximum atomic E-state index is 12.4. The molecule has 1 aliphatic heterocycles. The van der Waals surface area contributed by atoms with E-state index in [1.165, 1.54) is 17.3 Å². The zero-order valence-electron chi connectivity index (χ0n) is 15.8. The first-order valence-electron chi connectivity index (χ1n) is 9.06. The third-order valence-electron chi connectivity index (χ3n) is 4.67. The molecule has 2 atom stereocenters. The first-order chi connectivity index (χ1) is 12.7. The summed E-state index contributed by atoms with van der Waals surface area (Å²) >= 11 is 1.36. The summed E-state index contributed by atoms with van der Waals surface area (Å²) in [6, 6.07) is 8.02. The summed E-state index contributed by atoms with van der Waals surface area (Å²) in [5, 5.41) is 3.21. The molecule has 0 spiro atoms. The predicted octanol–water partition coefficient (Wildman–Crippen LogP) is 2.78. The number of nitrogens with one attached hydrogen (secondary N) is 1. The minimum atomic E-state index is -3.01. The zero-order chi connectivity index (χ0) is 19.6. The maximum Gasteiger partial charge on any atom is 0.233 e. The molecule has 0 bridgehead atoms. The van der Waals surface area contributed by atoms with Crippen molar-refractivity contribution < 1.29 is 13.2 Å². The largest absolute Gasteiger partial charge is 0.351 e. The van der Waals surface area contributed by atoms with E-state index in [1.807, 2.05) is 17.7 Å². The lowest BCUT2D eigenvalue weighted by Gasteiger charge is -2.16. The van der Waals surface area contributed by atoms with Crippen LogP contribution in [0.3, 0.4) is 0 Å². The van der Waals surface area contributed by atoms with Crippen LogP contribution in [0.25, 0.3) is 5.69 Å². The normalized spacial score (nSPS) is 19.9. The summed E-state index contributed by atoms with van der Waals surface area (Å²) in [6.07, 6.45) is 4.08. The van der Waals surface area contributed by atoms with Gasteiger partial charge in [-0.05, 0) is 37.0 Å². The number of aromatic nitrogens is 2. The summed E-state index contributed by atoms with van der Waals surface area (Å²) < 4.78 is 25.0. The van der Waals surface area contributed by atoms with Gasteiger partial charge in [0.2, 0.25) is 5.91 Å². The Morgan fingerprint density at radius 1 is 1.26 bits per heavy atom. The maximum absolute atomic E-state index is 12.4. The fourth-order valence-electron chi connectivity index (χ4n) is 3.03. The van der Waals surface area contributed by atoms with Crippen molar-refractivity contribution in [3.63, 3.8) is 0 Å². The van der Waals surface area contributed by atoms with E-state index >= 15 is 0 Å². The van der Waals surface area contributed by atoms with Gasteiger partial charge in [-0.25, -0.2) is 13.4 Å². The van der Waals surface area contributed by atoms with Gasteiger partial charge in [0, 0.05) is 24.1 Å². The Labute approximate surface area is 164 Å². The molecule has 2 aromatic rings. The molecule has 0 saturated carbocycles. The van der Waals surface area contributed by atoms with Crippen LogP contribution < -0.4 is 5.32 Å². The third kappa shape index (κ3) is 4.93. The van der Waals surface area contributed by atoms with Gasteiger partial charge in [-0.2, -0.15) is 0 Å². The summed E-state index contributed by atoms with van der Waals surface area (Å²) in [7, 11) is -3.01. The number of benzene rings is 1. The van der Waals surface area contributed by atoms with Crippen molar-refractivity contribution in [2.45, 2.75) is 49.6 Å². The van der Waals surface area contributed by atoms with Crippen molar-refractivity contribution in [2.75, 3.05) is 11.5 Å². The van der Waals surface area contributed by atoms with Crippen LogP contribution in [0.1, 0.15) is 38.7 Å². The highest BCUT2D eigenvalue weighted by atomic mass is 32.2. The number of amides is 1. The average molecular weight is 408 g/mol. The second-order valence-electron chi connectivity index (χ2n) is 7.19. The second kappa shape index (κ2) is 8.06. The number of hydrogen-bond acceptors (Lipinski definition) is 5. The molecule has 1 saturated heterocycles. The van der Waals surface area contributed by atoms with Crippen LogP contribution in [0.5, 0.6) is 0 Å². The lowest BCUT2D eigenvalue weighted by molar-refractivity contribution is -0.120. The summed E-state index contributed by atoms with van der Waals surface area (Å²) in [5.74, 6) is 0.494. The Morgan fingerprint density at radius 2 is 1.96 bits per heavy atom. The van der Waals surface area contributed by atoms with E-state index in [-0.39, 0.29) is 28.7 Å². The minimum Gasteiger partial charge on any atom is -0.351 e. The molecule has 1 aromatic heterocycles. The molecule has 1 fully saturated rings. The van der Waals surface area contributed by atoms with Gasteiger partial charge in [0.05, 0.1) is 16.8 Å². The van der Waals surface area contributed by atoms with Gasteiger partial charge in [-0.3, -0.25) is 9.36 Å². The summed E-state index contributed by atoms with van der Waals surface area (Å²) in [6.45, 7) is 6.12. The number of thioether (sulfide) groups is 1. The molecule has 1 amide bonds. The molecule has 8 heteroatoms. The molecular formula is C19H25N3O3S2. The molecule has 0 radical (unpaired) electrons. The standard InChI is InChI=1S/C19H25N3O3S2/c1-13(2)15-4-6-17(7-5-15)22-10-9-20-19(22)26-14(3)18(23)21-16-8-11-27(24,25)12-16/h4-7,9-10,13-14,16H,8,11-12H2,1-3H3,(H,21,23)/t14-,16-/m1/s1. The smallest absolute Gasteiger partial charge is 0.233 e. The van der Waals surface area contributed by atoms with Crippen LogP contribution in [0.2, 0.25) is 0 Å². The third-order valence-corrected chi connectivity index (χ3v) is 7.52. The van der Waals surface area contributed by atoms with E-state index in [9.17, 15) is 13.2 Å². The number of sulfone groups is 1. The number of carbonyl (C=O) groups excluding carboxylic acids is 1. The van der Waals surface area contributed by atoms with Gasteiger partial charge in [-0.15, -0.1) is 0 Å². The highest BCUT2D eigenvalue weighted by molar-refractivity contribution is 8.00. The van der Waals surface area contributed by atoms with Gasteiger partial charge in [0.25, 0.3) is 0 Å². The average Bonchev–Trinajstić information content (AvgIpc) is 3.20. The van der Waals surface area contributed by atoms with E-state index in [2.05, 4.69) is 48.4 Å². The molecule has 27 heavy (non-hydrogen) atoms. The molecule has 146 valence electrons. The van der Waals surface area contributed by atoms with Crippen LogP contribution in [0, 0.1) is 0 Å². The number of rotatable bonds is 6. The number of imidazole rings is 1. The van der Waals surface area contributed by atoms with E-state index in [1.54, 1.807) is 6.20 Å². The van der Waals surface area contributed by atoms with Gasteiger partial charge < -0.3 is 5.32 Å². The van der Waals surface area contributed by atoms with Crippen molar-refractivity contribution in [3.8, 4) is 5.69 Å². The Hall–Kier alpha value is -1.80. The van der Waals surface area contributed by atoms with E-state index in [0.29, 0.717) is 12.3 Å². The fraction of sp³-hybridized carbons (Fsp3) is 0.474. The van der Waals surface area contributed by atoms with E-state index in [4.69, 9.17) is 0 Å². The van der Waals surface area contributed by atoms with Crippen LogP contribution in [-0.4, -0.2) is 46.7 Å². The predicted molar refractivity (Wildman–Crippen MR) is 108 cm³/mol. The SMILES string of the molecule is CC(C)c1ccc(-n2ccnc2S[C@H](C)C(=O)N[C@@H]2CCS(=O)(=O)C2)cc1. The number of hydrogen-bond donors (Lipinski definition) is 1. The van der Waals surface area contributed by atoms with Crippen LogP contribution in [-0.2, 0) is 14.6 Å². The van der Waals surface area contributed by atoms with Crippen LogP contribution >= 0.6 is 11.8 Å². The Bertz CT molecular complexity index is 905. The van der Waals surface area contributed by atoms with Crippen molar-refractivity contribution in [3.05, 3.63) is 42.2 Å². The van der Waals surface area contributed by atoms with Crippen molar-refractivity contribution in [2.24, 2.45) is 0 Å². The van der Waals surface area contributed by atoms with Crippen LogP contribution in [0.4, 0.5) is 0 Å². The van der Waals surface area contributed by atoms with Gasteiger partial charge >= 0.3 is 0 Å². The minimum absolute atomic E-state index is 0.0347. The number of carbonyl (C=O) groups is 1. The molecule has 0 unspecified atom stereocenters. The lowest BCUT2D eigenvalue weighted by atomic mass is 10.0. The van der Waals surface area contributed by atoms with Gasteiger partial charge in [-0.1, -0.05) is 37.7 Å². The first kappa shape index (κ1) is 19.9. The zero-order valence-corrected chi connectivity index (χ0v) is 17.4. The lowest BCUT2D eigenvalue weighted by Crippen LogP contribution is -2.40. The Morgan fingerprint density at radius 3 is 2.56 bits per heavy atom. The summed E-state index contributed by atoms with van der Waals surface area (Å²) in [5.41, 5.74) is 2.27. The second-order valence-corrected chi connectivity index (χ2v) is 10.7. The topological polar surface area (TPSA) is 81.1 Å². The first-order valence-corrected chi connectivity index (χ1v) is 11.8. The van der Waals surface area contributed by atoms with Crippen molar-refractivity contribution in [1.29, 1.82) is 0 Å². The monoisotopic (exact) mass is 407 g/mol. The van der Waals surface area contributed by atoms with E-state index in [0.717, 1.165) is 10.8 Å². The molecule has 1 aliphatic rings. The van der Waals surface area contributed by atoms with E-state index < -0.39 is 9.84 Å². The molecule has 2 heterocycles. The van der Waals surface area contributed by atoms with Gasteiger partial charge in [0.15, 0.2) is 15.0 Å². The molecule has 1 N–H and O–H groups in total.